The monoisotopic (exact) mass is 416 g/mol. The number of hydrogen-bond acceptors (Lipinski definition) is 6. The summed E-state index contributed by atoms with van der Waals surface area (Å²) in [5.74, 6) is -0.630. The van der Waals surface area contributed by atoms with Crippen LogP contribution in [0.15, 0.2) is 48.5 Å². The molecule has 5 nitrogen and oxygen atoms in total. The lowest BCUT2D eigenvalue weighted by Gasteiger charge is -2.10. The fourth-order valence-corrected chi connectivity index (χ4v) is 4.37. The van der Waals surface area contributed by atoms with Gasteiger partial charge in [0, 0.05) is 16.7 Å². The van der Waals surface area contributed by atoms with Crippen LogP contribution in [0.2, 0.25) is 5.02 Å². The number of rotatable bonds is 5. The van der Waals surface area contributed by atoms with E-state index in [1.165, 1.54) is 11.3 Å². The molecule has 0 saturated carbocycles. The highest BCUT2D eigenvalue weighted by Crippen LogP contribution is 2.35. The van der Waals surface area contributed by atoms with E-state index in [0.717, 1.165) is 22.9 Å². The summed E-state index contributed by atoms with van der Waals surface area (Å²) in [6, 6.07) is 13.8. The molecule has 1 aliphatic rings. The first kappa shape index (κ1) is 18.9. The van der Waals surface area contributed by atoms with Crippen LogP contribution in [0.5, 0.6) is 5.75 Å². The van der Waals surface area contributed by atoms with E-state index in [1.807, 2.05) is 24.3 Å². The minimum absolute atomic E-state index is 0.0183. The second-order valence-corrected chi connectivity index (χ2v) is 7.82. The normalized spacial score (nSPS) is 16.2. The predicted molar refractivity (Wildman–Crippen MR) is 107 cm³/mol. The Labute approximate surface area is 170 Å². The van der Waals surface area contributed by atoms with E-state index in [2.05, 4.69) is 0 Å². The van der Waals surface area contributed by atoms with Crippen molar-refractivity contribution in [3.05, 3.63) is 64.0 Å². The van der Waals surface area contributed by atoms with E-state index in [4.69, 9.17) is 25.8 Å². The Balaban J connectivity index is 1.40. The van der Waals surface area contributed by atoms with Crippen molar-refractivity contribution in [1.29, 1.82) is 0 Å². The van der Waals surface area contributed by atoms with Crippen LogP contribution in [0.3, 0.4) is 0 Å². The molecule has 4 rings (SSSR count). The van der Waals surface area contributed by atoms with Crippen molar-refractivity contribution in [3.63, 3.8) is 0 Å². The maximum absolute atomic E-state index is 12.5. The molecule has 2 aromatic carbocycles. The van der Waals surface area contributed by atoms with Crippen LogP contribution in [-0.4, -0.2) is 31.3 Å². The van der Waals surface area contributed by atoms with Crippen LogP contribution in [0.4, 0.5) is 0 Å². The molecule has 2 heterocycles. The maximum atomic E-state index is 12.5. The largest absolute Gasteiger partial charge is 0.459 e. The summed E-state index contributed by atoms with van der Waals surface area (Å²) < 4.78 is 17.0. The number of hydrogen-bond donors (Lipinski definition) is 0. The number of fused-ring (bicyclic) bond motifs is 1. The average molecular weight is 417 g/mol. The average Bonchev–Trinajstić information content (AvgIpc) is 3.35. The molecule has 0 N–H and O–H groups in total. The molecule has 0 spiro atoms. The zero-order valence-corrected chi connectivity index (χ0v) is 16.4. The fraction of sp³-hybridized carbons (Fsp3) is 0.238. The Morgan fingerprint density at radius 2 is 1.89 bits per heavy atom. The molecule has 1 atom stereocenters. The molecule has 3 aromatic rings. The topological polar surface area (TPSA) is 61.8 Å². The third-order valence-electron chi connectivity index (χ3n) is 4.45. The Morgan fingerprint density at radius 1 is 1.11 bits per heavy atom. The Hall–Kier alpha value is -2.41. The number of halogens is 1. The van der Waals surface area contributed by atoms with E-state index < -0.39 is 11.9 Å². The first-order valence-corrected chi connectivity index (χ1v) is 10.1. The van der Waals surface area contributed by atoms with E-state index in [9.17, 15) is 9.59 Å². The zero-order valence-electron chi connectivity index (χ0n) is 14.9. The van der Waals surface area contributed by atoms with Gasteiger partial charge in [0.05, 0.1) is 16.7 Å². The van der Waals surface area contributed by atoms with Gasteiger partial charge in [-0.2, -0.15) is 0 Å². The number of carbonyl (C=O) groups excluding carboxylic acids is 2. The third kappa shape index (κ3) is 4.04. The van der Waals surface area contributed by atoms with Gasteiger partial charge in [0.2, 0.25) is 0 Å². The Kier molecular flexibility index (Phi) is 5.62. The summed E-state index contributed by atoms with van der Waals surface area (Å²) in [5, 5.41) is 1.21. The summed E-state index contributed by atoms with van der Waals surface area (Å²) >= 11 is 7.60. The van der Waals surface area contributed by atoms with Gasteiger partial charge in [0.1, 0.15) is 17.2 Å². The molecule has 7 heteroatoms. The van der Waals surface area contributed by atoms with Crippen LogP contribution in [-0.2, 0) is 9.47 Å². The van der Waals surface area contributed by atoms with Gasteiger partial charge in [-0.05, 0) is 43.2 Å². The quantitative estimate of drug-likeness (QED) is 0.427. The van der Waals surface area contributed by atoms with Crippen LogP contribution in [0.1, 0.15) is 32.9 Å². The fourth-order valence-electron chi connectivity index (χ4n) is 2.99. The second-order valence-electron chi connectivity index (χ2n) is 6.39. The molecule has 0 bridgehead atoms. The van der Waals surface area contributed by atoms with E-state index in [1.54, 1.807) is 24.3 Å². The van der Waals surface area contributed by atoms with Gasteiger partial charge in [-0.1, -0.05) is 29.8 Å². The number of esters is 2. The van der Waals surface area contributed by atoms with Crippen molar-refractivity contribution in [1.82, 2.24) is 0 Å². The third-order valence-corrected chi connectivity index (χ3v) is 6.10. The first-order chi connectivity index (χ1) is 13.6. The molecule has 28 heavy (non-hydrogen) atoms. The molecule has 1 aliphatic heterocycles. The molecule has 0 amide bonds. The molecule has 1 unspecified atom stereocenters. The van der Waals surface area contributed by atoms with Crippen LogP contribution >= 0.6 is 22.9 Å². The standard InChI is InChI=1S/C21H17ClO5S/c22-18-16-5-1-2-6-17(16)28-19(18)21(24)27-14-9-7-13(8-10-14)20(23)26-12-15-4-3-11-25-15/h1-2,5-10,15H,3-4,11-12H2. The molecular weight excluding hydrogens is 400 g/mol. The molecule has 144 valence electrons. The van der Waals surface area contributed by atoms with Gasteiger partial charge in [-0.15, -0.1) is 11.3 Å². The van der Waals surface area contributed by atoms with Crippen LogP contribution in [0, 0.1) is 0 Å². The lowest BCUT2D eigenvalue weighted by atomic mass is 10.2. The smallest absolute Gasteiger partial charge is 0.355 e. The maximum Gasteiger partial charge on any atom is 0.355 e. The highest BCUT2D eigenvalue weighted by Gasteiger charge is 2.20. The van der Waals surface area contributed by atoms with Crippen molar-refractivity contribution in [3.8, 4) is 5.75 Å². The number of ether oxygens (including phenoxy) is 3. The number of carbonyl (C=O) groups is 2. The second kappa shape index (κ2) is 8.31. The molecular formula is C21H17ClO5S. The highest BCUT2D eigenvalue weighted by molar-refractivity contribution is 7.21. The predicted octanol–water partition coefficient (Wildman–Crippen LogP) is 5.11. The summed E-state index contributed by atoms with van der Waals surface area (Å²) in [6.45, 7) is 0.964. The molecule has 0 radical (unpaired) electrons. The SMILES string of the molecule is O=C(OCC1CCCO1)c1ccc(OC(=O)c2sc3ccccc3c2Cl)cc1. The summed E-state index contributed by atoms with van der Waals surface area (Å²) in [4.78, 5) is 24.9. The number of benzene rings is 2. The van der Waals surface area contributed by atoms with Crippen molar-refractivity contribution in [2.45, 2.75) is 18.9 Å². The van der Waals surface area contributed by atoms with Gasteiger partial charge < -0.3 is 14.2 Å². The van der Waals surface area contributed by atoms with Gasteiger partial charge in [0.15, 0.2) is 0 Å². The van der Waals surface area contributed by atoms with Crippen molar-refractivity contribution < 1.29 is 23.8 Å². The van der Waals surface area contributed by atoms with Crippen molar-refractivity contribution in [2.24, 2.45) is 0 Å². The first-order valence-electron chi connectivity index (χ1n) is 8.90. The van der Waals surface area contributed by atoms with Crippen LogP contribution < -0.4 is 4.74 Å². The minimum atomic E-state index is -0.528. The molecule has 1 aromatic heterocycles. The van der Waals surface area contributed by atoms with Gasteiger partial charge in [0.25, 0.3) is 0 Å². The van der Waals surface area contributed by atoms with E-state index >= 15 is 0 Å². The van der Waals surface area contributed by atoms with Crippen molar-refractivity contribution in [2.75, 3.05) is 13.2 Å². The van der Waals surface area contributed by atoms with Gasteiger partial charge >= 0.3 is 11.9 Å². The highest BCUT2D eigenvalue weighted by atomic mass is 35.5. The summed E-state index contributed by atoms with van der Waals surface area (Å²) in [6.07, 6.45) is 1.88. The Morgan fingerprint density at radius 3 is 2.61 bits per heavy atom. The molecule has 1 saturated heterocycles. The number of thiophene rings is 1. The summed E-state index contributed by atoms with van der Waals surface area (Å²) in [7, 11) is 0. The molecule has 0 aliphatic carbocycles. The molecule has 1 fully saturated rings. The van der Waals surface area contributed by atoms with E-state index in [-0.39, 0.29) is 12.7 Å². The Bertz CT molecular complexity index is 1010. The summed E-state index contributed by atoms with van der Waals surface area (Å²) in [5.41, 5.74) is 0.387. The van der Waals surface area contributed by atoms with E-state index in [0.29, 0.717) is 27.8 Å². The lowest BCUT2D eigenvalue weighted by Crippen LogP contribution is -2.17. The van der Waals surface area contributed by atoms with Gasteiger partial charge in [-0.25, -0.2) is 9.59 Å². The van der Waals surface area contributed by atoms with Gasteiger partial charge in [-0.3, -0.25) is 0 Å². The van der Waals surface area contributed by atoms with Crippen LogP contribution in [0.25, 0.3) is 10.1 Å². The minimum Gasteiger partial charge on any atom is -0.459 e. The van der Waals surface area contributed by atoms with Crippen molar-refractivity contribution >= 4 is 45.0 Å². The zero-order chi connectivity index (χ0) is 19.5. The lowest BCUT2D eigenvalue weighted by molar-refractivity contribution is 0.0161.